The number of hydrogen-bond donors (Lipinski definition) is 1. The van der Waals surface area contributed by atoms with Gasteiger partial charge in [-0.25, -0.2) is 14.8 Å². The van der Waals surface area contributed by atoms with Crippen LogP contribution >= 0.6 is 11.3 Å². The zero-order valence-corrected chi connectivity index (χ0v) is 21.7. The number of morpholine rings is 1. The van der Waals surface area contributed by atoms with Gasteiger partial charge in [-0.3, -0.25) is 13.9 Å². The first-order chi connectivity index (χ1) is 18.1. The van der Waals surface area contributed by atoms with Crippen molar-refractivity contribution >= 4 is 21.6 Å². The van der Waals surface area contributed by atoms with Crippen LogP contribution in [0.25, 0.3) is 21.5 Å². The van der Waals surface area contributed by atoms with Crippen LogP contribution in [0.1, 0.15) is 21.6 Å². The van der Waals surface area contributed by atoms with Crippen LogP contribution < -0.4 is 16.6 Å². The highest BCUT2D eigenvalue weighted by Gasteiger charge is 2.29. The lowest BCUT2D eigenvalue weighted by Crippen LogP contribution is -2.41. The Morgan fingerprint density at radius 2 is 2.00 bits per heavy atom. The second kappa shape index (κ2) is 10.4. The number of rotatable bonds is 6. The standard InChI is InChI=1S/C26H26F3N5O3S/c1-15-7-16(2)19(9-17-11-30-4-6-37-17)20(8-15)23-24-21(31-14-32-23)10-18(38-24)12-34-22(35)3-5-33(25(34)36)13-26(27,28)29/h3,5,7-8,10,14,17,30H,4,6,9,11-13H2,1-2H3. The van der Waals surface area contributed by atoms with E-state index in [-0.39, 0.29) is 12.6 Å². The van der Waals surface area contributed by atoms with Crippen LogP contribution in [-0.2, 0) is 24.2 Å². The van der Waals surface area contributed by atoms with Gasteiger partial charge in [0.15, 0.2) is 0 Å². The van der Waals surface area contributed by atoms with Crippen LogP contribution in [-0.4, -0.2) is 51.1 Å². The van der Waals surface area contributed by atoms with Crippen molar-refractivity contribution in [1.29, 1.82) is 0 Å². The number of aromatic nitrogens is 4. The zero-order chi connectivity index (χ0) is 27.0. The van der Waals surface area contributed by atoms with Crippen molar-refractivity contribution < 1.29 is 17.9 Å². The lowest BCUT2D eigenvalue weighted by atomic mass is 9.92. The summed E-state index contributed by atoms with van der Waals surface area (Å²) < 4.78 is 46.7. The van der Waals surface area contributed by atoms with E-state index in [1.165, 1.54) is 17.7 Å². The molecular weight excluding hydrogens is 519 g/mol. The van der Waals surface area contributed by atoms with Gasteiger partial charge < -0.3 is 10.1 Å². The van der Waals surface area contributed by atoms with Crippen molar-refractivity contribution in [3.8, 4) is 11.3 Å². The fourth-order valence-corrected chi connectivity index (χ4v) is 5.91. The number of nitrogens with zero attached hydrogens (tertiary/aromatic N) is 4. The van der Waals surface area contributed by atoms with Crippen LogP contribution in [0.15, 0.2) is 46.4 Å². The van der Waals surface area contributed by atoms with Gasteiger partial charge in [0, 0.05) is 42.2 Å². The topological polar surface area (TPSA) is 91.0 Å². The van der Waals surface area contributed by atoms with E-state index in [2.05, 4.69) is 34.3 Å². The molecule has 0 aliphatic carbocycles. The summed E-state index contributed by atoms with van der Waals surface area (Å²) in [5, 5.41) is 3.36. The van der Waals surface area contributed by atoms with Crippen LogP contribution in [0.3, 0.4) is 0 Å². The molecule has 0 radical (unpaired) electrons. The number of halogens is 3. The minimum Gasteiger partial charge on any atom is -0.375 e. The van der Waals surface area contributed by atoms with Crippen LogP contribution in [0.2, 0.25) is 0 Å². The van der Waals surface area contributed by atoms with E-state index in [0.29, 0.717) is 28.0 Å². The number of thiophene rings is 1. The summed E-state index contributed by atoms with van der Waals surface area (Å²) in [6.45, 7) is 4.68. The van der Waals surface area contributed by atoms with E-state index in [4.69, 9.17) is 4.74 Å². The lowest BCUT2D eigenvalue weighted by molar-refractivity contribution is -0.141. The third-order valence-electron chi connectivity index (χ3n) is 6.47. The first-order valence-electron chi connectivity index (χ1n) is 12.1. The van der Waals surface area contributed by atoms with E-state index in [1.807, 2.05) is 6.92 Å². The predicted octanol–water partition coefficient (Wildman–Crippen LogP) is 3.44. The molecule has 12 heteroatoms. The van der Waals surface area contributed by atoms with Crippen molar-refractivity contribution in [3.63, 3.8) is 0 Å². The quantitative estimate of drug-likeness (QED) is 0.399. The highest BCUT2D eigenvalue weighted by Crippen LogP contribution is 2.36. The fourth-order valence-electron chi connectivity index (χ4n) is 4.80. The van der Waals surface area contributed by atoms with Crippen molar-refractivity contribution in [2.75, 3.05) is 19.7 Å². The highest BCUT2D eigenvalue weighted by molar-refractivity contribution is 7.19. The molecule has 0 amide bonds. The summed E-state index contributed by atoms with van der Waals surface area (Å²) in [6.07, 6.45) is -1.51. The molecule has 0 spiro atoms. The molecule has 1 aromatic carbocycles. The average molecular weight is 546 g/mol. The van der Waals surface area contributed by atoms with E-state index in [9.17, 15) is 22.8 Å². The maximum Gasteiger partial charge on any atom is 0.406 e. The molecule has 38 heavy (non-hydrogen) atoms. The molecular formula is C26H26F3N5O3S. The summed E-state index contributed by atoms with van der Waals surface area (Å²) >= 11 is 1.32. The Labute approximate surface area is 219 Å². The Bertz CT molecular complexity index is 1600. The summed E-state index contributed by atoms with van der Waals surface area (Å²) in [7, 11) is 0. The molecule has 0 saturated carbocycles. The fraction of sp³-hybridized carbons (Fsp3) is 0.385. The molecule has 1 saturated heterocycles. The largest absolute Gasteiger partial charge is 0.406 e. The number of benzene rings is 1. The van der Waals surface area contributed by atoms with Gasteiger partial charge in [0.1, 0.15) is 12.9 Å². The third-order valence-corrected chi connectivity index (χ3v) is 7.59. The summed E-state index contributed by atoms with van der Waals surface area (Å²) in [5.74, 6) is 0. The van der Waals surface area contributed by atoms with E-state index < -0.39 is 24.0 Å². The molecule has 1 N–H and O–H groups in total. The second-order valence-corrected chi connectivity index (χ2v) is 10.6. The molecule has 3 aromatic heterocycles. The van der Waals surface area contributed by atoms with Crippen molar-refractivity contribution in [2.45, 2.75) is 45.6 Å². The van der Waals surface area contributed by atoms with Crippen molar-refractivity contribution in [1.82, 2.24) is 24.4 Å². The number of alkyl halides is 3. The molecule has 1 atom stereocenters. The lowest BCUT2D eigenvalue weighted by Gasteiger charge is -2.25. The average Bonchev–Trinajstić information content (AvgIpc) is 3.28. The smallest absolute Gasteiger partial charge is 0.375 e. The molecule has 1 aliphatic rings. The molecule has 8 nitrogen and oxygen atoms in total. The Morgan fingerprint density at radius 1 is 1.18 bits per heavy atom. The van der Waals surface area contributed by atoms with Crippen LogP contribution in [0, 0.1) is 13.8 Å². The van der Waals surface area contributed by atoms with Crippen LogP contribution in [0.4, 0.5) is 13.2 Å². The van der Waals surface area contributed by atoms with Gasteiger partial charge >= 0.3 is 11.9 Å². The molecule has 5 rings (SSSR count). The molecule has 0 bridgehead atoms. The van der Waals surface area contributed by atoms with Gasteiger partial charge in [0.25, 0.3) is 5.56 Å². The molecule has 4 heterocycles. The van der Waals surface area contributed by atoms with E-state index >= 15 is 0 Å². The van der Waals surface area contributed by atoms with Gasteiger partial charge in [-0.15, -0.1) is 11.3 Å². The van der Waals surface area contributed by atoms with Gasteiger partial charge in [-0.2, -0.15) is 13.2 Å². The maximum atomic E-state index is 12.9. The van der Waals surface area contributed by atoms with Crippen molar-refractivity contribution in [3.05, 3.63) is 79.2 Å². The molecule has 1 fully saturated rings. The zero-order valence-electron chi connectivity index (χ0n) is 20.8. The Kier molecular flexibility index (Phi) is 7.21. The molecule has 200 valence electrons. The first kappa shape index (κ1) is 26.3. The SMILES string of the molecule is Cc1cc(C)c(CC2CNCCO2)c(-c2ncnc3cc(Cn4c(=O)ccn(CC(F)(F)F)c4=O)sc23)c1. The first-order valence-corrected chi connectivity index (χ1v) is 12.9. The van der Waals surface area contributed by atoms with E-state index in [1.54, 1.807) is 6.07 Å². The van der Waals surface area contributed by atoms with Gasteiger partial charge in [0.2, 0.25) is 0 Å². The molecule has 1 aliphatic heterocycles. The summed E-state index contributed by atoms with van der Waals surface area (Å²) in [5.41, 5.74) is 3.95. The summed E-state index contributed by atoms with van der Waals surface area (Å²) in [6, 6.07) is 6.92. The van der Waals surface area contributed by atoms with Crippen LogP contribution in [0.5, 0.6) is 0 Å². The maximum absolute atomic E-state index is 12.9. The van der Waals surface area contributed by atoms with Gasteiger partial charge in [-0.1, -0.05) is 11.6 Å². The second-order valence-electron chi connectivity index (χ2n) is 9.42. The van der Waals surface area contributed by atoms with Gasteiger partial charge in [-0.05, 0) is 37.1 Å². The predicted molar refractivity (Wildman–Crippen MR) is 139 cm³/mol. The number of nitrogens with one attached hydrogen (secondary N) is 1. The van der Waals surface area contributed by atoms with E-state index in [0.717, 1.165) is 62.6 Å². The Hall–Kier alpha value is -3.35. The monoisotopic (exact) mass is 545 g/mol. The molecule has 1 unspecified atom stereocenters. The minimum atomic E-state index is -4.59. The third kappa shape index (κ3) is 5.57. The normalized spacial score (nSPS) is 16.3. The minimum absolute atomic E-state index is 0.0314. The van der Waals surface area contributed by atoms with Crippen molar-refractivity contribution in [2.24, 2.45) is 0 Å². The van der Waals surface area contributed by atoms with Gasteiger partial charge in [0.05, 0.1) is 35.2 Å². The number of hydrogen-bond acceptors (Lipinski definition) is 7. The Balaban J connectivity index is 1.55. The number of aryl methyl sites for hydroxylation is 2. The number of fused-ring (bicyclic) bond motifs is 1. The summed E-state index contributed by atoms with van der Waals surface area (Å²) in [4.78, 5) is 34.7. The molecule has 4 aromatic rings. The number of ether oxygens (including phenoxy) is 1. The Morgan fingerprint density at radius 3 is 2.74 bits per heavy atom. The highest BCUT2D eigenvalue weighted by atomic mass is 32.1.